The summed E-state index contributed by atoms with van der Waals surface area (Å²) in [7, 11) is 4.49. The standard InChI is InChI=1S/C65H97N9O14/c1-39-16-12-11-13-17-41(3)53(83-8)32-48-21-19-45(7)65(82,88-48)59(78)60(79)74-23-15-14-18-50(74)61(80)86-54(33-51(75)42(4)29-44(6)57(77)58(85-10)56(76)43(5)28-39)49(66)30-46-20-22-52(55(31-46)84-9)87-64(81)71-38-47-36-69-63(70-37-47)73-26-24-72(25-27-73)62-67-34-40(2)35-68-62/h11-13,16-17,29,34-37,39,42-43,45-46,48-55,57-58,75,77,82H,14-15,18-28,30-33,38,66H2,1-10H3,(H,71,81)/b13-11?,16-12+,41-17?,44-29+/t39-,42-,43-,45-,46+,48+,49-,50+,51-,52-,53+,54+,55-,57-,58+,65-/m1/s1. The van der Waals surface area contributed by atoms with Crippen LogP contribution in [-0.4, -0.2) is 190 Å². The smallest absolute Gasteiger partial charge is 0.407 e. The van der Waals surface area contributed by atoms with Gasteiger partial charge in [0, 0.05) is 128 Å². The summed E-state index contributed by atoms with van der Waals surface area (Å²) in [5, 5.41) is 38.5. The fourth-order valence-corrected chi connectivity index (χ4v) is 12.8. The SMILES string of the molecule is CO[C@H]1C[C@@H]2CC[C@@H](C)[C@@](O)(O2)C(=O)C(=O)N2CCCC[C@H]2C(=O)O[C@H]([C@H](N)C[C@@H]2CC[C@@H](OC(=O)NCc3cnc(N4CCN(c5ncc(C)cn5)CC4)nc3)[C@H](OC)C2)C[C@@H](O)[C@H](C)/C=C(\C)[C@@H](O)[C@@H](OC)C(=O)[C@H](C)C[C@H](C)/C=C/C=CC=C1C. The van der Waals surface area contributed by atoms with E-state index in [4.69, 9.17) is 34.2 Å². The van der Waals surface area contributed by atoms with Gasteiger partial charge in [0.2, 0.25) is 17.7 Å². The van der Waals surface area contributed by atoms with E-state index in [0.717, 1.165) is 29.1 Å². The number of nitrogens with zero attached hydrogens (tertiary/aromatic N) is 7. The molecule has 2 aromatic heterocycles. The number of aliphatic hydroxyl groups is 3. The van der Waals surface area contributed by atoms with Crippen LogP contribution in [0, 0.1) is 36.5 Å². The van der Waals surface area contributed by atoms with Crippen molar-refractivity contribution in [3.05, 3.63) is 83.5 Å². The van der Waals surface area contributed by atoms with Crippen LogP contribution in [0.4, 0.5) is 16.7 Å². The van der Waals surface area contributed by atoms with Crippen molar-refractivity contribution in [3.8, 4) is 0 Å². The van der Waals surface area contributed by atoms with Crippen LogP contribution in [0.5, 0.6) is 0 Å². The molecule has 23 heteroatoms. The number of rotatable bonds is 11. The summed E-state index contributed by atoms with van der Waals surface area (Å²) in [6.45, 7) is 15.7. The van der Waals surface area contributed by atoms with Gasteiger partial charge in [-0.1, -0.05) is 64.2 Å². The van der Waals surface area contributed by atoms with Crippen molar-refractivity contribution in [2.75, 3.05) is 63.9 Å². The van der Waals surface area contributed by atoms with Crippen molar-refractivity contribution in [2.45, 2.75) is 199 Å². The van der Waals surface area contributed by atoms with Crippen molar-refractivity contribution >= 4 is 41.4 Å². The maximum absolute atomic E-state index is 14.7. The number of esters is 1. The van der Waals surface area contributed by atoms with Crippen molar-refractivity contribution < 1.29 is 67.7 Å². The van der Waals surface area contributed by atoms with Crippen LogP contribution in [0.1, 0.15) is 130 Å². The largest absolute Gasteiger partial charge is 0.459 e. The minimum Gasteiger partial charge on any atom is -0.459 e. The molecule has 7 rings (SSSR count). The molecule has 0 radical (unpaired) electrons. The lowest BCUT2D eigenvalue weighted by atomic mass is 9.80. The molecule has 6 heterocycles. The Morgan fingerprint density at radius 2 is 1.44 bits per heavy atom. The lowest BCUT2D eigenvalue weighted by molar-refractivity contribution is -0.265. The second kappa shape index (κ2) is 32.6. The Balaban J connectivity index is 1.04. The number of fused-ring (bicyclic) bond motifs is 3. The zero-order valence-electron chi connectivity index (χ0n) is 53.2. The van der Waals surface area contributed by atoms with Gasteiger partial charge in [0.25, 0.3) is 11.7 Å². The number of carbonyl (C=O) groups excluding carboxylic acids is 5. The molecule has 5 aliphatic rings. The predicted octanol–water partition coefficient (Wildman–Crippen LogP) is 5.81. The van der Waals surface area contributed by atoms with Gasteiger partial charge in [0.05, 0.1) is 24.4 Å². The first-order chi connectivity index (χ1) is 42.0. The van der Waals surface area contributed by atoms with Crippen molar-refractivity contribution in [3.63, 3.8) is 0 Å². The first-order valence-corrected chi connectivity index (χ1v) is 31.5. The highest BCUT2D eigenvalue weighted by Crippen LogP contribution is 2.38. The highest BCUT2D eigenvalue weighted by Gasteiger charge is 2.53. The van der Waals surface area contributed by atoms with E-state index in [0.29, 0.717) is 93.9 Å². The number of ether oxygens (including phenoxy) is 6. The van der Waals surface area contributed by atoms with Gasteiger partial charge in [-0.3, -0.25) is 14.4 Å². The molecule has 0 spiro atoms. The highest BCUT2D eigenvalue weighted by atomic mass is 16.6. The Labute approximate surface area is 518 Å². The van der Waals surface area contributed by atoms with Gasteiger partial charge in [-0.05, 0) is 114 Å². The number of Topliss-reactive ketones (excluding diaryl/α,β-unsaturated/α-hetero) is 2. The maximum Gasteiger partial charge on any atom is 0.407 e. The molecule has 3 saturated heterocycles. The van der Waals surface area contributed by atoms with Gasteiger partial charge in [-0.15, -0.1) is 0 Å². The number of aromatic nitrogens is 4. The van der Waals surface area contributed by atoms with E-state index in [1.165, 1.54) is 7.11 Å². The van der Waals surface area contributed by atoms with E-state index < -0.39 is 108 Å². The lowest BCUT2D eigenvalue weighted by Gasteiger charge is -2.42. The monoisotopic (exact) mass is 1230 g/mol. The summed E-state index contributed by atoms with van der Waals surface area (Å²) in [5.41, 5.74) is 10.0. The zero-order valence-corrected chi connectivity index (χ0v) is 53.2. The average molecular weight is 1230 g/mol. The number of anilines is 2. The predicted molar refractivity (Wildman–Crippen MR) is 329 cm³/mol. The van der Waals surface area contributed by atoms with Crippen LogP contribution in [0.2, 0.25) is 0 Å². The van der Waals surface area contributed by atoms with Gasteiger partial charge in [0.15, 0.2) is 5.78 Å². The number of aliphatic hydroxyl groups excluding tert-OH is 2. The number of nitrogens with one attached hydrogen (secondary N) is 1. The number of carbonyl (C=O) groups is 5. The Hall–Kier alpha value is -6.05. The number of allylic oxidation sites excluding steroid dienone is 5. The molecule has 1 aliphatic carbocycles. The molecule has 1 saturated carbocycles. The summed E-state index contributed by atoms with van der Waals surface area (Å²) in [6, 6.07) is -2.09. The minimum absolute atomic E-state index is 0.00595. The van der Waals surface area contributed by atoms with Gasteiger partial charge in [0.1, 0.15) is 30.5 Å². The number of hydrogen-bond donors (Lipinski definition) is 5. The Morgan fingerprint density at radius 1 is 0.773 bits per heavy atom. The van der Waals surface area contributed by atoms with Crippen LogP contribution in [-0.2, 0) is 54.1 Å². The molecule has 2 aromatic rings. The number of piperidine rings is 1. The van der Waals surface area contributed by atoms with Crippen LogP contribution < -0.4 is 20.9 Å². The number of hydrogen-bond acceptors (Lipinski definition) is 21. The van der Waals surface area contributed by atoms with E-state index in [1.807, 2.05) is 70.5 Å². The molecule has 0 unspecified atom stereocenters. The van der Waals surface area contributed by atoms with Crippen LogP contribution in [0.3, 0.4) is 0 Å². The zero-order chi connectivity index (χ0) is 63.8. The molecule has 16 atom stereocenters. The minimum atomic E-state index is -2.48. The maximum atomic E-state index is 14.7. The summed E-state index contributed by atoms with van der Waals surface area (Å²) in [6.07, 6.45) is 14.9. The molecule has 486 valence electrons. The van der Waals surface area contributed by atoms with Crippen LogP contribution in [0.25, 0.3) is 0 Å². The third-order valence-corrected chi connectivity index (χ3v) is 18.4. The molecule has 6 N–H and O–H groups in total. The fraction of sp³-hybridized carbons (Fsp3) is 0.677. The summed E-state index contributed by atoms with van der Waals surface area (Å²) < 4.78 is 35.9. The summed E-state index contributed by atoms with van der Waals surface area (Å²) >= 11 is 0. The number of amides is 2. The van der Waals surface area contributed by atoms with E-state index in [9.17, 15) is 39.3 Å². The van der Waals surface area contributed by atoms with Crippen LogP contribution in [0.15, 0.2) is 72.4 Å². The first-order valence-electron chi connectivity index (χ1n) is 31.5. The molecule has 4 aliphatic heterocycles. The molecule has 23 nitrogen and oxygen atoms in total. The second-order valence-corrected chi connectivity index (χ2v) is 25.1. The topological polar surface area (TPSA) is 301 Å². The Morgan fingerprint density at radius 3 is 2.09 bits per heavy atom. The van der Waals surface area contributed by atoms with Gasteiger partial charge in [-0.25, -0.2) is 29.5 Å². The number of aryl methyl sites for hydroxylation is 1. The number of nitrogens with two attached hydrogens (primary N) is 1. The third kappa shape index (κ3) is 18.3. The van der Waals surface area contributed by atoms with Gasteiger partial charge < -0.3 is 69.5 Å². The Kier molecular flexibility index (Phi) is 25.7. The number of ketones is 2. The third-order valence-electron chi connectivity index (χ3n) is 18.4. The second-order valence-electron chi connectivity index (χ2n) is 25.1. The molecule has 2 bridgehead atoms. The lowest BCUT2D eigenvalue weighted by Crippen LogP contribution is -2.61. The number of piperazine rings is 1. The van der Waals surface area contributed by atoms with Gasteiger partial charge in [-0.2, -0.15) is 0 Å². The average Bonchev–Trinajstić information content (AvgIpc) is 3.70. The Bertz CT molecular complexity index is 2760. The van der Waals surface area contributed by atoms with Crippen LogP contribution >= 0.6 is 0 Å². The molecule has 0 aromatic carbocycles. The number of alkyl carbamates (subject to hydrolysis) is 1. The molecular weight excluding hydrogens is 1130 g/mol. The van der Waals surface area contributed by atoms with E-state index in [2.05, 4.69) is 35.1 Å². The fourth-order valence-electron chi connectivity index (χ4n) is 12.8. The molecule has 4 fully saturated rings. The van der Waals surface area contributed by atoms with Crippen molar-refractivity contribution in [1.29, 1.82) is 0 Å². The summed E-state index contributed by atoms with van der Waals surface area (Å²) in [5.74, 6) is -6.52. The summed E-state index contributed by atoms with van der Waals surface area (Å²) in [4.78, 5) is 94.1. The van der Waals surface area contributed by atoms with E-state index in [-0.39, 0.29) is 50.0 Å². The normalized spacial score (nSPS) is 33.7. The molecule has 2 amide bonds. The number of cyclic esters (lactones) is 1. The van der Waals surface area contributed by atoms with Crippen molar-refractivity contribution in [2.24, 2.45) is 35.3 Å². The highest BCUT2D eigenvalue weighted by molar-refractivity contribution is 6.39. The van der Waals surface area contributed by atoms with Gasteiger partial charge >= 0.3 is 12.1 Å². The quantitative estimate of drug-likeness (QED) is 0.101. The number of methoxy groups -OCH3 is 3. The molecule has 88 heavy (non-hydrogen) atoms. The van der Waals surface area contributed by atoms with E-state index in [1.54, 1.807) is 53.5 Å². The molecular formula is C65H97N9O14. The van der Waals surface area contributed by atoms with Crippen molar-refractivity contribution in [1.82, 2.24) is 30.2 Å². The first kappa shape index (κ1) is 69.4. The van der Waals surface area contributed by atoms with E-state index >= 15 is 0 Å².